The first-order valence-corrected chi connectivity index (χ1v) is 35.4. The summed E-state index contributed by atoms with van der Waals surface area (Å²) in [7, 11) is 0. The van der Waals surface area contributed by atoms with Gasteiger partial charge in [0.05, 0.1) is 40.5 Å². The molecule has 0 spiro atoms. The fourth-order valence-corrected chi connectivity index (χ4v) is 16.5. The molecular weight excluding hydrogens is 1280 g/mol. The number of nitrogen functional groups attached to an aromatic ring is 3. The number of aromatic nitrogens is 9. The third-order valence-corrected chi connectivity index (χ3v) is 22.6. The third kappa shape index (κ3) is 11.9. The number of aliphatic hydroxyl groups is 3. The van der Waals surface area contributed by atoms with Crippen molar-refractivity contribution in [2.75, 3.05) is 56.5 Å². The smallest absolute Gasteiger partial charge is 0.256 e. The second-order valence-corrected chi connectivity index (χ2v) is 28.4. The Kier molecular flexibility index (Phi) is 17.2. The van der Waals surface area contributed by atoms with Gasteiger partial charge in [-0.15, -0.1) is 0 Å². The zero-order valence-electron chi connectivity index (χ0n) is 56.6. The van der Waals surface area contributed by atoms with Gasteiger partial charge in [0.25, 0.3) is 11.8 Å². The largest absolute Gasteiger partial charge is 0.391 e. The van der Waals surface area contributed by atoms with Crippen LogP contribution in [-0.2, 0) is 27.6 Å². The summed E-state index contributed by atoms with van der Waals surface area (Å²) in [4.78, 5) is 75.8. The van der Waals surface area contributed by atoms with Gasteiger partial charge in [-0.05, 0) is 120 Å². The van der Waals surface area contributed by atoms with Crippen LogP contribution in [0.4, 0.5) is 17.8 Å². The number of aromatic amines is 2. The van der Waals surface area contributed by atoms with E-state index in [1.54, 1.807) is 51.9 Å². The second-order valence-electron chi connectivity index (χ2n) is 28.4. The van der Waals surface area contributed by atoms with E-state index in [1.807, 2.05) is 30.3 Å². The molecular formula is C81H81N15O6. The van der Waals surface area contributed by atoms with Crippen molar-refractivity contribution >= 4 is 68.3 Å². The predicted octanol–water partition coefficient (Wildman–Crippen LogP) is 11.1. The molecule has 0 unspecified atom stereocenters. The standard InChI is InChI=1S/3C27H27N5O2/c2*28-26-30-13-18(14-31-26)17-5-7-19(8-6-17)27(10-2-11-27)23-15-29-24-21(23)3-1-4-22(24)25(34)32-12-9-20(33)16-32;28-26-29-12-19(13-30-26)18-6-8-20(9-7-18)27(10-3-11-27)23-16-31(24-5-2-1-4-22(23)24)17-25(34)32-14-21(33)15-32/h2*1,3-8,13-15,20,29,33H,2,9-12,16H2,(H2,28,30,31);1-2,4-9,12-13,16,21,33H,3,10-11,14-15,17H2,(H2,28,29,30)/t2*20-;/m10./s1. The molecule has 3 saturated carbocycles. The first-order valence-electron chi connectivity index (χ1n) is 35.4. The van der Waals surface area contributed by atoms with Gasteiger partial charge in [-0.1, -0.05) is 135 Å². The van der Waals surface area contributed by atoms with Crippen molar-refractivity contribution in [3.8, 4) is 33.4 Å². The molecule has 3 amide bonds. The van der Waals surface area contributed by atoms with Gasteiger partial charge in [0.15, 0.2) is 0 Å². The number of para-hydroxylation sites is 3. The molecule has 0 radical (unpaired) electrons. The number of H-pyrrole nitrogens is 2. The fourth-order valence-electron chi connectivity index (χ4n) is 16.5. The molecule has 102 heavy (non-hydrogen) atoms. The van der Waals surface area contributed by atoms with E-state index in [0.717, 1.165) is 99.2 Å². The Hall–Kier alpha value is -11.1. The number of carbonyl (C=O) groups excluding carboxylic acids is 3. The molecule has 3 saturated heterocycles. The molecule has 11 N–H and O–H groups in total. The Morgan fingerprint density at radius 2 is 0.784 bits per heavy atom. The average molecular weight is 1360 g/mol. The predicted molar refractivity (Wildman–Crippen MR) is 394 cm³/mol. The summed E-state index contributed by atoms with van der Waals surface area (Å²) in [5, 5.41) is 32.7. The number of carbonyl (C=O) groups is 3. The van der Waals surface area contributed by atoms with Crippen LogP contribution >= 0.6 is 0 Å². The average Bonchev–Trinajstić information content (AvgIpc) is 1.49. The van der Waals surface area contributed by atoms with E-state index in [-0.39, 0.29) is 57.9 Å². The Labute approximate surface area is 589 Å². The molecule has 6 aliphatic rings. The van der Waals surface area contributed by atoms with Crippen LogP contribution in [0.3, 0.4) is 0 Å². The lowest BCUT2D eigenvalue weighted by Crippen LogP contribution is -2.54. The first-order chi connectivity index (χ1) is 49.6. The number of nitrogens with zero attached hydrogens (tertiary/aromatic N) is 10. The molecule has 6 aromatic heterocycles. The molecule has 6 fully saturated rings. The number of aliphatic hydroxyl groups excluding tert-OH is 3. The molecule has 9 heterocycles. The van der Waals surface area contributed by atoms with E-state index in [2.05, 4.69) is 166 Å². The number of fused-ring (bicyclic) bond motifs is 3. The van der Waals surface area contributed by atoms with E-state index < -0.39 is 12.2 Å². The molecule has 516 valence electrons. The first kappa shape index (κ1) is 65.5. The van der Waals surface area contributed by atoms with E-state index in [4.69, 9.17) is 17.2 Å². The van der Waals surface area contributed by atoms with E-state index in [0.29, 0.717) is 69.8 Å². The number of hydrogen-bond donors (Lipinski definition) is 8. The van der Waals surface area contributed by atoms with Crippen molar-refractivity contribution in [2.45, 2.75) is 112 Å². The van der Waals surface area contributed by atoms with Gasteiger partial charge in [-0.2, -0.15) is 0 Å². The molecule has 12 aromatic rings. The molecule has 21 nitrogen and oxygen atoms in total. The minimum absolute atomic E-state index is 0.0201. The number of hydrogen-bond acceptors (Lipinski definition) is 15. The summed E-state index contributed by atoms with van der Waals surface area (Å²) in [5.41, 5.74) is 34.5. The number of rotatable bonds is 13. The van der Waals surface area contributed by atoms with Crippen LogP contribution in [0, 0.1) is 0 Å². The van der Waals surface area contributed by atoms with Gasteiger partial charge in [0, 0.05) is 150 Å². The van der Waals surface area contributed by atoms with Crippen molar-refractivity contribution in [1.82, 2.24) is 59.1 Å². The van der Waals surface area contributed by atoms with Gasteiger partial charge in [-0.25, -0.2) is 29.9 Å². The molecule has 3 aliphatic heterocycles. The lowest BCUT2D eigenvalue weighted by molar-refractivity contribution is -0.141. The quantitative estimate of drug-likeness (QED) is 0.0532. The summed E-state index contributed by atoms with van der Waals surface area (Å²) in [6, 6.07) is 46.2. The van der Waals surface area contributed by atoms with Gasteiger partial charge >= 0.3 is 0 Å². The zero-order chi connectivity index (χ0) is 69.9. The Bertz CT molecular complexity index is 4860. The van der Waals surface area contributed by atoms with Crippen molar-refractivity contribution in [1.29, 1.82) is 0 Å². The molecule has 18 rings (SSSR count). The number of likely N-dealkylation sites (tertiary alicyclic amines) is 3. The van der Waals surface area contributed by atoms with Gasteiger partial charge in [0.2, 0.25) is 23.8 Å². The van der Waals surface area contributed by atoms with Crippen LogP contribution in [0.25, 0.3) is 66.1 Å². The monoisotopic (exact) mass is 1360 g/mol. The normalized spacial score (nSPS) is 18.7. The maximum atomic E-state index is 13.2. The van der Waals surface area contributed by atoms with Crippen LogP contribution < -0.4 is 17.2 Å². The molecule has 0 bridgehead atoms. The minimum Gasteiger partial charge on any atom is -0.391 e. The number of amides is 3. The van der Waals surface area contributed by atoms with Crippen LogP contribution in [0.5, 0.6) is 0 Å². The highest BCUT2D eigenvalue weighted by Crippen LogP contribution is 2.54. The molecule has 2 atom stereocenters. The maximum absolute atomic E-state index is 13.2. The molecule has 21 heteroatoms. The molecule has 6 aromatic carbocycles. The molecule has 3 aliphatic carbocycles. The summed E-state index contributed by atoms with van der Waals surface area (Å²) < 4.78 is 2.08. The van der Waals surface area contributed by atoms with Crippen molar-refractivity contribution in [2.24, 2.45) is 0 Å². The highest BCUT2D eigenvalue weighted by Gasteiger charge is 2.45. The summed E-state index contributed by atoms with van der Waals surface area (Å²) in [5.74, 6) is 0.824. The van der Waals surface area contributed by atoms with Crippen molar-refractivity contribution in [3.05, 3.63) is 234 Å². The van der Waals surface area contributed by atoms with Crippen LogP contribution in [0.2, 0.25) is 0 Å². The Morgan fingerprint density at radius 1 is 0.422 bits per heavy atom. The van der Waals surface area contributed by atoms with Gasteiger partial charge in [-0.3, -0.25) is 14.4 Å². The summed E-state index contributed by atoms with van der Waals surface area (Å²) in [6.45, 7) is 3.15. The van der Waals surface area contributed by atoms with Gasteiger partial charge < -0.3 is 61.8 Å². The minimum atomic E-state index is -0.427. The van der Waals surface area contributed by atoms with Crippen molar-refractivity contribution in [3.63, 3.8) is 0 Å². The van der Waals surface area contributed by atoms with E-state index in [9.17, 15) is 29.7 Å². The summed E-state index contributed by atoms with van der Waals surface area (Å²) >= 11 is 0. The van der Waals surface area contributed by atoms with Crippen LogP contribution in [0.1, 0.15) is 125 Å². The number of anilines is 3. The maximum Gasteiger partial charge on any atom is 0.256 e. The van der Waals surface area contributed by atoms with Gasteiger partial charge in [0.1, 0.15) is 6.54 Å². The lowest BCUT2D eigenvalue weighted by Gasteiger charge is -2.43. The third-order valence-electron chi connectivity index (χ3n) is 22.6. The Morgan fingerprint density at radius 3 is 1.14 bits per heavy atom. The summed E-state index contributed by atoms with van der Waals surface area (Å²) in [6.07, 6.45) is 26.8. The SMILES string of the molecule is Nc1ncc(-c2ccc(C3(c4c[nH]c5c(C(=O)N6CC[C@@H](O)C6)cccc45)CCC3)cc2)cn1.Nc1ncc(-c2ccc(C3(c4c[nH]c5c(C(=O)N6CC[C@H](O)C6)cccc45)CCC3)cc2)cn1.Nc1ncc(-c2ccc(C3(c4cn(CC(=O)N5CC(O)C5)c5ccccc45)CCC3)cc2)cn1. The van der Waals surface area contributed by atoms with Crippen LogP contribution in [-0.4, -0.2) is 150 Å². The number of nitrogens with one attached hydrogen (secondary N) is 2. The highest BCUT2D eigenvalue weighted by molar-refractivity contribution is 6.08. The highest BCUT2D eigenvalue weighted by atomic mass is 16.3. The lowest BCUT2D eigenvalue weighted by atomic mass is 9.60. The van der Waals surface area contributed by atoms with E-state index in [1.165, 1.54) is 58.0 Å². The number of β-amino-alcohol motifs (C(OH)–C–C–N with tert-alkyl or cyclic N) is 3. The second kappa shape index (κ2) is 26.8. The van der Waals surface area contributed by atoms with E-state index >= 15 is 0 Å². The fraction of sp³-hybridized carbons (Fsp3) is 0.296. The van der Waals surface area contributed by atoms with Crippen LogP contribution in [0.15, 0.2) is 189 Å². The number of benzene rings is 6. The Balaban J connectivity index is 0.000000118. The topological polar surface area (TPSA) is 314 Å². The zero-order valence-corrected chi connectivity index (χ0v) is 56.6. The number of nitrogens with two attached hydrogens (primary N) is 3. The van der Waals surface area contributed by atoms with Crippen molar-refractivity contribution < 1.29 is 29.7 Å².